The molecule has 4 nitrogen and oxygen atoms in total. The molecule has 4 heteroatoms. The molecule has 2 aliphatic rings. The fraction of sp³-hybridized carbons (Fsp3) is 0.588. The van der Waals surface area contributed by atoms with Gasteiger partial charge in [-0.25, -0.2) is 0 Å². The highest BCUT2D eigenvalue weighted by Gasteiger charge is 2.32. The number of aryl methyl sites for hydroxylation is 1. The second kappa shape index (κ2) is 6.06. The summed E-state index contributed by atoms with van der Waals surface area (Å²) in [5.41, 5.74) is 2.57. The number of nitrogens with one attached hydrogen (secondary N) is 1. The lowest BCUT2D eigenvalue weighted by atomic mass is 9.88. The molecule has 1 atom stereocenters. The third-order valence-corrected chi connectivity index (χ3v) is 4.87. The summed E-state index contributed by atoms with van der Waals surface area (Å²) in [6.07, 6.45) is 0. The summed E-state index contributed by atoms with van der Waals surface area (Å²) in [6.45, 7) is 9.76. The van der Waals surface area contributed by atoms with Crippen molar-refractivity contribution >= 4 is 11.6 Å². The minimum Gasteiger partial charge on any atom is -0.368 e. The van der Waals surface area contributed by atoms with E-state index >= 15 is 0 Å². The van der Waals surface area contributed by atoms with Crippen LogP contribution in [-0.2, 0) is 4.79 Å². The molecule has 1 N–H and O–H groups in total. The van der Waals surface area contributed by atoms with E-state index in [-0.39, 0.29) is 5.92 Å². The molecular weight excluding hydrogens is 262 g/mol. The Kier molecular flexibility index (Phi) is 4.15. The average molecular weight is 287 g/mol. The van der Waals surface area contributed by atoms with E-state index < -0.39 is 0 Å². The first-order chi connectivity index (χ1) is 10.1. The highest BCUT2D eigenvalue weighted by molar-refractivity contribution is 5.79. The van der Waals surface area contributed by atoms with Gasteiger partial charge in [0.2, 0.25) is 5.91 Å². The van der Waals surface area contributed by atoms with E-state index in [2.05, 4.69) is 53.2 Å². The van der Waals surface area contributed by atoms with Crippen molar-refractivity contribution in [2.45, 2.75) is 13.8 Å². The number of hydrogen-bond acceptors (Lipinski definition) is 3. The van der Waals surface area contributed by atoms with Crippen LogP contribution in [0.4, 0.5) is 5.69 Å². The Morgan fingerprint density at radius 3 is 2.52 bits per heavy atom. The Morgan fingerprint density at radius 2 is 1.95 bits per heavy atom. The van der Waals surface area contributed by atoms with Gasteiger partial charge in [-0.05, 0) is 43.6 Å². The van der Waals surface area contributed by atoms with E-state index in [4.69, 9.17) is 0 Å². The van der Waals surface area contributed by atoms with E-state index in [1.165, 1.54) is 11.3 Å². The van der Waals surface area contributed by atoms with Gasteiger partial charge in [0.1, 0.15) is 0 Å². The van der Waals surface area contributed by atoms with Crippen molar-refractivity contribution in [3.63, 3.8) is 0 Å². The Hall–Kier alpha value is -1.55. The molecule has 0 aromatic heterocycles. The Labute approximate surface area is 127 Å². The van der Waals surface area contributed by atoms with Gasteiger partial charge in [0.05, 0.1) is 0 Å². The van der Waals surface area contributed by atoms with Crippen LogP contribution >= 0.6 is 0 Å². The van der Waals surface area contributed by atoms with E-state index in [9.17, 15) is 4.79 Å². The van der Waals surface area contributed by atoms with Crippen LogP contribution in [0.25, 0.3) is 0 Å². The molecule has 0 aliphatic carbocycles. The molecule has 1 amide bonds. The molecule has 2 fully saturated rings. The van der Waals surface area contributed by atoms with E-state index in [1.807, 2.05) is 0 Å². The van der Waals surface area contributed by atoms with Gasteiger partial charge in [0.25, 0.3) is 0 Å². The van der Waals surface area contributed by atoms with Crippen LogP contribution in [0.15, 0.2) is 24.3 Å². The van der Waals surface area contributed by atoms with E-state index in [0.717, 1.165) is 39.3 Å². The monoisotopic (exact) mass is 287 g/mol. The molecule has 114 valence electrons. The summed E-state index contributed by atoms with van der Waals surface area (Å²) in [5.74, 6) is 1.04. The number of piperazine rings is 1. The predicted molar refractivity (Wildman–Crippen MR) is 85.5 cm³/mol. The number of carbonyl (C=O) groups is 1. The summed E-state index contributed by atoms with van der Waals surface area (Å²) >= 11 is 0. The van der Waals surface area contributed by atoms with Crippen molar-refractivity contribution in [2.24, 2.45) is 11.8 Å². The lowest BCUT2D eigenvalue weighted by Gasteiger charge is -2.40. The molecule has 2 aliphatic heterocycles. The third kappa shape index (κ3) is 3.05. The third-order valence-electron chi connectivity index (χ3n) is 4.87. The lowest BCUT2D eigenvalue weighted by Crippen LogP contribution is -2.54. The maximum atomic E-state index is 12.5. The largest absolute Gasteiger partial charge is 0.368 e. The summed E-state index contributed by atoms with van der Waals surface area (Å²) < 4.78 is 0. The van der Waals surface area contributed by atoms with Gasteiger partial charge in [0, 0.05) is 37.8 Å². The van der Waals surface area contributed by atoms with Crippen molar-refractivity contribution < 1.29 is 4.79 Å². The summed E-state index contributed by atoms with van der Waals surface area (Å²) in [4.78, 5) is 16.9. The Balaban J connectivity index is 1.56. The zero-order valence-corrected chi connectivity index (χ0v) is 13.0. The van der Waals surface area contributed by atoms with Gasteiger partial charge in [-0.1, -0.05) is 19.1 Å². The standard InChI is InChI=1S/C17H25N3O/c1-13-4-3-5-16(10-13)19-6-8-20(9-7-19)17(21)14(2)15-11-18-12-15/h3-5,10,14-15,18H,6-9,11-12H2,1-2H3. The molecule has 0 spiro atoms. The van der Waals surface area contributed by atoms with Crippen LogP contribution in [0, 0.1) is 18.8 Å². The number of hydrogen-bond donors (Lipinski definition) is 1. The first-order valence-corrected chi connectivity index (χ1v) is 7.96. The van der Waals surface area contributed by atoms with Crippen LogP contribution in [0.1, 0.15) is 12.5 Å². The summed E-state index contributed by atoms with van der Waals surface area (Å²) in [5, 5.41) is 3.25. The van der Waals surface area contributed by atoms with Gasteiger partial charge >= 0.3 is 0 Å². The number of amides is 1. The second-order valence-corrected chi connectivity index (χ2v) is 6.36. The van der Waals surface area contributed by atoms with Gasteiger partial charge in [0.15, 0.2) is 0 Å². The molecule has 21 heavy (non-hydrogen) atoms. The molecule has 0 bridgehead atoms. The lowest BCUT2D eigenvalue weighted by molar-refractivity contribution is -0.137. The maximum absolute atomic E-state index is 12.5. The predicted octanol–water partition coefficient (Wildman–Crippen LogP) is 1.50. The van der Waals surface area contributed by atoms with Crippen LogP contribution in [0.3, 0.4) is 0 Å². The van der Waals surface area contributed by atoms with Gasteiger partial charge in [-0.2, -0.15) is 0 Å². The average Bonchev–Trinajstić information content (AvgIpc) is 2.45. The first-order valence-electron chi connectivity index (χ1n) is 7.96. The van der Waals surface area contributed by atoms with Crippen LogP contribution in [0.2, 0.25) is 0 Å². The highest BCUT2D eigenvalue weighted by atomic mass is 16.2. The highest BCUT2D eigenvalue weighted by Crippen LogP contribution is 2.21. The molecular formula is C17H25N3O. The van der Waals surface area contributed by atoms with Gasteiger partial charge in [-0.15, -0.1) is 0 Å². The van der Waals surface area contributed by atoms with Crippen LogP contribution < -0.4 is 10.2 Å². The topological polar surface area (TPSA) is 35.6 Å². The molecule has 1 aromatic rings. The number of benzene rings is 1. The SMILES string of the molecule is Cc1cccc(N2CCN(C(=O)C(C)C3CNC3)CC2)c1. The van der Waals surface area contributed by atoms with E-state index in [1.54, 1.807) is 0 Å². The normalized spacial score (nSPS) is 21.0. The molecule has 1 unspecified atom stereocenters. The van der Waals surface area contributed by atoms with Crippen molar-refractivity contribution in [3.05, 3.63) is 29.8 Å². The summed E-state index contributed by atoms with van der Waals surface area (Å²) in [7, 11) is 0. The molecule has 3 rings (SSSR count). The number of nitrogens with zero attached hydrogens (tertiary/aromatic N) is 2. The number of rotatable bonds is 3. The maximum Gasteiger partial charge on any atom is 0.225 e. The van der Waals surface area contributed by atoms with Crippen LogP contribution in [0.5, 0.6) is 0 Å². The Morgan fingerprint density at radius 1 is 1.24 bits per heavy atom. The van der Waals surface area contributed by atoms with Crippen molar-refractivity contribution in [1.29, 1.82) is 0 Å². The van der Waals surface area contributed by atoms with Crippen molar-refractivity contribution in [1.82, 2.24) is 10.2 Å². The fourth-order valence-corrected chi connectivity index (χ4v) is 3.16. The van der Waals surface area contributed by atoms with Gasteiger partial charge in [-0.3, -0.25) is 4.79 Å². The van der Waals surface area contributed by atoms with Crippen molar-refractivity contribution in [3.8, 4) is 0 Å². The van der Waals surface area contributed by atoms with E-state index in [0.29, 0.717) is 11.8 Å². The van der Waals surface area contributed by atoms with Crippen molar-refractivity contribution in [2.75, 3.05) is 44.2 Å². The molecule has 1 aromatic carbocycles. The minimum absolute atomic E-state index is 0.164. The molecule has 2 heterocycles. The fourth-order valence-electron chi connectivity index (χ4n) is 3.16. The number of anilines is 1. The number of carbonyl (C=O) groups excluding carboxylic acids is 1. The molecule has 0 radical (unpaired) electrons. The zero-order valence-electron chi connectivity index (χ0n) is 13.0. The molecule has 2 saturated heterocycles. The van der Waals surface area contributed by atoms with Gasteiger partial charge < -0.3 is 15.1 Å². The zero-order chi connectivity index (χ0) is 14.8. The molecule has 0 saturated carbocycles. The quantitative estimate of drug-likeness (QED) is 0.915. The minimum atomic E-state index is 0.164. The first kappa shape index (κ1) is 14.4. The second-order valence-electron chi connectivity index (χ2n) is 6.36. The smallest absolute Gasteiger partial charge is 0.225 e. The van der Waals surface area contributed by atoms with Crippen LogP contribution in [-0.4, -0.2) is 50.1 Å². The Bertz CT molecular complexity index is 505. The summed E-state index contributed by atoms with van der Waals surface area (Å²) in [6, 6.07) is 8.61.